The summed E-state index contributed by atoms with van der Waals surface area (Å²) >= 11 is 6.44. The second-order valence-corrected chi connectivity index (χ2v) is 7.54. The number of aryl methyl sites for hydroxylation is 2. The van der Waals surface area contributed by atoms with Crippen LogP contribution in [0.25, 0.3) is 11.3 Å². The van der Waals surface area contributed by atoms with Gasteiger partial charge in [0.05, 0.1) is 10.7 Å². The maximum absolute atomic E-state index is 12.5. The molecule has 5 nitrogen and oxygen atoms in total. The van der Waals surface area contributed by atoms with Gasteiger partial charge in [0.25, 0.3) is 0 Å². The molecule has 0 atom stereocenters. The Labute approximate surface area is 181 Å². The van der Waals surface area contributed by atoms with E-state index in [1.807, 2.05) is 38.1 Å². The quantitative estimate of drug-likeness (QED) is 0.486. The number of hydrogen-bond donors (Lipinski definition) is 0. The molecule has 3 aromatic rings. The molecule has 0 N–H and O–H groups in total. The van der Waals surface area contributed by atoms with Crippen molar-refractivity contribution in [2.75, 3.05) is 11.9 Å². The zero-order valence-electron chi connectivity index (χ0n) is 17.4. The van der Waals surface area contributed by atoms with Crippen LogP contribution < -0.4 is 4.90 Å². The van der Waals surface area contributed by atoms with Crippen molar-refractivity contribution in [1.82, 2.24) is 9.97 Å². The molecular weight excluding hydrogens is 398 g/mol. The van der Waals surface area contributed by atoms with Gasteiger partial charge >= 0.3 is 0 Å². The highest BCUT2D eigenvalue weighted by atomic mass is 35.5. The van der Waals surface area contributed by atoms with E-state index in [4.69, 9.17) is 11.6 Å². The summed E-state index contributed by atoms with van der Waals surface area (Å²) in [4.78, 5) is 34.6. The van der Waals surface area contributed by atoms with E-state index in [0.29, 0.717) is 35.5 Å². The summed E-state index contributed by atoms with van der Waals surface area (Å²) in [5.74, 6) is 0.0528. The lowest BCUT2D eigenvalue weighted by Crippen LogP contribution is -2.24. The fraction of sp³-hybridized carbons (Fsp3) is 0.250. The number of rotatable bonds is 7. The molecule has 0 radical (unpaired) electrons. The summed E-state index contributed by atoms with van der Waals surface area (Å²) in [5.41, 5.74) is 4.72. The molecule has 0 aliphatic heterocycles. The van der Waals surface area contributed by atoms with Crippen LogP contribution in [0.15, 0.2) is 54.9 Å². The third-order valence-electron chi connectivity index (χ3n) is 4.99. The van der Waals surface area contributed by atoms with Crippen molar-refractivity contribution in [3.63, 3.8) is 0 Å². The number of carbonyl (C=O) groups excluding carboxylic acids is 2. The van der Waals surface area contributed by atoms with Gasteiger partial charge in [0, 0.05) is 54.8 Å². The van der Waals surface area contributed by atoms with Crippen LogP contribution in [0.4, 0.5) is 5.69 Å². The topological polar surface area (TPSA) is 63.2 Å². The predicted molar refractivity (Wildman–Crippen MR) is 120 cm³/mol. The Morgan fingerprint density at radius 2 is 1.83 bits per heavy atom. The average molecular weight is 422 g/mol. The maximum atomic E-state index is 12.5. The van der Waals surface area contributed by atoms with Crippen molar-refractivity contribution in [2.24, 2.45) is 0 Å². The standard InChI is InChI=1S/C24H24ClN3O2/c1-4-24(30)28(3)19-9-10-20(21(25)13-19)22-11-8-18(15-27-22)23(29)12-7-17-6-5-16(2)26-14-17/h5-6,8-11,13-15H,4,7,12H2,1-3H3. The van der Waals surface area contributed by atoms with Crippen molar-refractivity contribution in [3.05, 3.63) is 76.7 Å². The van der Waals surface area contributed by atoms with Gasteiger partial charge in [0.1, 0.15) is 0 Å². The average Bonchev–Trinajstić information content (AvgIpc) is 2.77. The van der Waals surface area contributed by atoms with Crippen molar-refractivity contribution in [2.45, 2.75) is 33.1 Å². The second kappa shape index (κ2) is 9.63. The Morgan fingerprint density at radius 1 is 1.03 bits per heavy atom. The Hall–Kier alpha value is -3.05. The maximum Gasteiger partial charge on any atom is 0.226 e. The van der Waals surface area contributed by atoms with Crippen LogP contribution in [0, 0.1) is 6.92 Å². The molecule has 30 heavy (non-hydrogen) atoms. The van der Waals surface area contributed by atoms with Crippen LogP contribution in [-0.4, -0.2) is 28.7 Å². The van der Waals surface area contributed by atoms with Gasteiger partial charge in [-0.1, -0.05) is 24.6 Å². The number of Topliss-reactive ketones (excluding diaryl/α,β-unsaturated/α-hetero) is 1. The molecule has 0 fully saturated rings. The largest absolute Gasteiger partial charge is 0.315 e. The van der Waals surface area contributed by atoms with Gasteiger partial charge in [-0.2, -0.15) is 0 Å². The molecule has 1 aromatic carbocycles. The van der Waals surface area contributed by atoms with Gasteiger partial charge < -0.3 is 4.90 Å². The summed E-state index contributed by atoms with van der Waals surface area (Å²) in [7, 11) is 1.72. The molecule has 2 aromatic heterocycles. The van der Waals surface area contributed by atoms with Gasteiger partial charge in [-0.15, -0.1) is 0 Å². The minimum atomic E-state index is 0.0150. The summed E-state index contributed by atoms with van der Waals surface area (Å²) in [5, 5.41) is 0.502. The lowest BCUT2D eigenvalue weighted by atomic mass is 10.0. The molecule has 0 aliphatic carbocycles. The van der Waals surface area contributed by atoms with Crippen molar-refractivity contribution in [1.29, 1.82) is 0 Å². The minimum Gasteiger partial charge on any atom is -0.315 e. The van der Waals surface area contributed by atoms with E-state index in [9.17, 15) is 9.59 Å². The van der Waals surface area contributed by atoms with Gasteiger partial charge in [-0.25, -0.2) is 0 Å². The number of aromatic nitrogens is 2. The molecular formula is C24H24ClN3O2. The highest BCUT2D eigenvalue weighted by Gasteiger charge is 2.13. The molecule has 3 rings (SSSR count). The Kier molecular flexibility index (Phi) is 6.95. The van der Waals surface area contributed by atoms with E-state index in [0.717, 1.165) is 22.5 Å². The van der Waals surface area contributed by atoms with E-state index >= 15 is 0 Å². The number of anilines is 1. The number of nitrogens with zero attached hydrogens (tertiary/aromatic N) is 3. The highest BCUT2D eigenvalue weighted by molar-refractivity contribution is 6.33. The van der Waals surface area contributed by atoms with Crippen LogP contribution in [0.2, 0.25) is 5.02 Å². The monoisotopic (exact) mass is 421 g/mol. The van der Waals surface area contributed by atoms with Crippen LogP contribution in [0.3, 0.4) is 0 Å². The zero-order valence-corrected chi connectivity index (χ0v) is 18.1. The Bertz CT molecular complexity index is 1050. The normalized spacial score (nSPS) is 10.7. The molecule has 1 amide bonds. The summed E-state index contributed by atoms with van der Waals surface area (Å²) in [6.07, 6.45) is 4.86. The fourth-order valence-electron chi connectivity index (χ4n) is 3.07. The van der Waals surface area contributed by atoms with E-state index < -0.39 is 0 Å². The van der Waals surface area contributed by atoms with E-state index in [1.165, 1.54) is 0 Å². The first-order valence-corrected chi connectivity index (χ1v) is 10.2. The molecule has 0 aliphatic rings. The molecule has 0 unspecified atom stereocenters. The Morgan fingerprint density at radius 3 is 2.43 bits per heavy atom. The predicted octanol–water partition coefficient (Wildman–Crippen LogP) is 5.29. The minimum absolute atomic E-state index is 0.0150. The molecule has 0 saturated heterocycles. The zero-order chi connectivity index (χ0) is 21.7. The SMILES string of the molecule is CCC(=O)N(C)c1ccc(-c2ccc(C(=O)CCc3ccc(C)nc3)cn2)c(Cl)c1. The first kappa shape index (κ1) is 21.7. The van der Waals surface area contributed by atoms with Gasteiger partial charge in [-0.3, -0.25) is 19.6 Å². The third kappa shape index (κ3) is 5.10. The van der Waals surface area contributed by atoms with Crippen LogP contribution in [0.5, 0.6) is 0 Å². The van der Waals surface area contributed by atoms with Crippen LogP contribution >= 0.6 is 11.6 Å². The number of ketones is 1. The lowest BCUT2D eigenvalue weighted by molar-refractivity contribution is -0.118. The Balaban J connectivity index is 1.69. The van der Waals surface area contributed by atoms with E-state index in [2.05, 4.69) is 9.97 Å². The second-order valence-electron chi connectivity index (χ2n) is 7.13. The number of carbonyl (C=O) groups is 2. The van der Waals surface area contributed by atoms with Crippen molar-refractivity contribution < 1.29 is 9.59 Å². The summed E-state index contributed by atoms with van der Waals surface area (Å²) < 4.78 is 0. The van der Waals surface area contributed by atoms with Crippen LogP contribution in [-0.2, 0) is 11.2 Å². The molecule has 0 bridgehead atoms. The first-order chi connectivity index (χ1) is 14.4. The smallest absolute Gasteiger partial charge is 0.226 e. The molecule has 2 heterocycles. The van der Waals surface area contributed by atoms with Crippen molar-refractivity contribution in [3.8, 4) is 11.3 Å². The summed E-state index contributed by atoms with van der Waals surface area (Å²) in [6.45, 7) is 3.75. The number of halogens is 1. The van der Waals surface area contributed by atoms with Gasteiger partial charge in [-0.05, 0) is 55.3 Å². The molecule has 6 heteroatoms. The number of pyridine rings is 2. The number of hydrogen-bond acceptors (Lipinski definition) is 4. The molecule has 0 spiro atoms. The van der Waals surface area contributed by atoms with Gasteiger partial charge in [0.15, 0.2) is 5.78 Å². The lowest BCUT2D eigenvalue weighted by Gasteiger charge is -2.17. The molecule has 0 saturated carbocycles. The van der Waals surface area contributed by atoms with Crippen molar-refractivity contribution >= 4 is 29.0 Å². The first-order valence-electron chi connectivity index (χ1n) is 9.86. The van der Waals surface area contributed by atoms with E-state index in [-0.39, 0.29) is 11.7 Å². The highest BCUT2D eigenvalue weighted by Crippen LogP contribution is 2.30. The van der Waals surface area contributed by atoms with E-state index in [1.54, 1.807) is 42.5 Å². The summed E-state index contributed by atoms with van der Waals surface area (Å²) in [6, 6.07) is 12.9. The van der Waals surface area contributed by atoms with Gasteiger partial charge in [0.2, 0.25) is 5.91 Å². The fourth-order valence-corrected chi connectivity index (χ4v) is 3.34. The third-order valence-corrected chi connectivity index (χ3v) is 5.30. The van der Waals surface area contributed by atoms with Crippen LogP contribution in [0.1, 0.15) is 41.4 Å². The molecule has 154 valence electrons. The number of amides is 1. The number of benzene rings is 1.